The molecule has 55 heavy (non-hydrogen) atoms. The predicted molar refractivity (Wildman–Crippen MR) is 223 cm³/mol. The van der Waals surface area contributed by atoms with Crippen LogP contribution in [-0.2, 0) is 20.1 Å². The molecule has 5 aromatic carbocycles. The minimum absolute atomic E-state index is 0. The molecule has 0 fully saturated rings. The third-order valence-electron chi connectivity index (χ3n) is 10.1. The fraction of sp³-hybridized carbons (Fsp3) is 0.0800. The summed E-state index contributed by atoms with van der Waals surface area (Å²) in [6.45, 7) is 8.65. The Morgan fingerprint density at radius 2 is 1.29 bits per heavy atom. The van der Waals surface area contributed by atoms with E-state index in [0.29, 0.717) is 0 Å². The second-order valence-corrected chi connectivity index (χ2v) is 13.6. The molecular weight excluding hydrogens is 849 g/mol. The first-order valence-electron chi connectivity index (χ1n) is 18.1. The smallest absolute Gasteiger partial charge is 0.0714 e. The predicted octanol–water partition coefficient (Wildman–Crippen LogP) is 12.4. The zero-order chi connectivity index (χ0) is 37.0. The average molecular weight is 887 g/mol. The van der Waals surface area contributed by atoms with Gasteiger partial charge in [-0.15, -0.1) is 71.3 Å². The van der Waals surface area contributed by atoms with E-state index in [9.17, 15) is 0 Å². The van der Waals surface area contributed by atoms with Crippen LogP contribution in [0.3, 0.4) is 0 Å². The monoisotopic (exact) mass is 887 g/mol. The van der Waals surface area contributed by atoms with Crippen molar-refractivity contribution in [3.8, 4) is 55.9 Å². The van der Waals surface area contributed by atoms with E-state index in [2.05, 4.69) is 117 Å². The largest absolute Gasteiger partial charge is 0.305 e. The van der Waals surface area contributed by atoms with E-state index >= 15 is 0 Å². The molecule has 0 aliphatic rings. The van der Waals surface area contributed by atoms with Crippen LogP contribution in [0.2, 0.25) is 0 Å². The second-order valence-electron chi connectivity index (χ2n) is 13.6. The van der Waals surface area contributed by atoms with Crippen LogP contribution in [0, 0.1) is 39.8 Å². The second kappa shape index (κ2) is 16.5. The van der Waals surface area contributed by atoms with E-state index in [1.54, 1.807) is 6.20 Å². The number of hydrogen-bond donors (Lipinski definition) is 0. The van der Waals surface area contributed by atoms with Gasteiger partial charge in [-0.25, -0.2) is 0 Å². The number of fused-ring (bicyclic) bond motifs is 3. The van der Waals surface area contributed by atoms with Crippen molar-refractivity contribution in [2.24, 2.45) is 0 Å². The Bertz CT molecular complexity index is 2710. The van der Waals surface area contributed by atoms with Gasteiger partial charge < -0.3 is 9.97 Å². The molecule has 0 aliphatic heterocycles. The summed E-state index contributed by atoms with van der Waals surface area (Å²) in [5.41, 5.74) is 16.9. The minimum Gasteiger partial charge on any atom is -0.305 e. The van der Waals surface area contributed by atoms with Crippen molar-refractivity contribution in [1.29, 1.82) is 0 Å². The van der Waals surface area contributed by atoms with E-state index in [4.69, 9.17) is 9.97 Å². The maximum Gasteiger partial charge on any atom is 0.0714 e. The van der Waals surface area contributed by atoms with Crippen molar-refractivity contribution in [2.45, 2.75) is 27.7 Å². The fourth-order valence-electron chi connectivity index (χ4n) is 7.11. The molecule has 0 aliphatic carbocycles. The maximum absolute atomic E-state index is 4.76. The molecule has 0 unspecified atom stereocenters. The van der Waals surface area contributed by atoms with E-state index in [1.807, 2.05) is 85.5 Å². The Morgan fingerprint density at radius 1 is 0.455 bits per heavy atom. The number of aryl methyl sites for hydroxylation is 3. The van der Waals surface area contributed by atoms with Crippen molar-refractivity contribution < 1.29 is 20.1 Å². The van der Waals surface area contributed by atoms with E-state index in [1.165, 1.54) is 55.3 Å². The molecule has 4 heterocycles. The van der Waals surface area contributed by atoms with Crippen LogP contribution in [0.4, 0.5) is 0 Å². The number of aromatic nitrogens is 4. The molecule has 269 valence electrons. The fourth-order valence-corrected chi connectivity index (χ4v) is 7.11. The number of hydrogen-bond acceptors (Lipinski definition) is 4. The quantitative estimate of drug-likeness (QED) is 0.128. The molecule has 4 nitrogen and oxygen atoms in total. The molecule has 5 heteroatoms. The van der Waals surface area contributed by atoms with Gasteiger partial charge in [0.15, 0.2) is 0 Å². The van der Waals surface area contributed by atoms with Crippen LogP contribution in [0.5, 0.6) is 0 Å². The Labute approximate surface area is 336 Å². The zero-order valence-corrected chi connectivity index (χ0v) is 33.5. The third kappa shape index (κ3) is 7.77. The summed E-state index contributed by atoms with van der Waals surface area (Å²) < 4.78 is 0. The van der Waals surface area contributed by atoms with Crippen LogP contribution in [-0.4, -0.2) is 19.9 Å². The van der Waals surface area contributed by atoms with Gasteiger partial charge in [-0.05, 0) is 119 Å². The SMILES string of the molecule is Cc1cnc(-c2[c-]ccc(-c3c(C)ccc(-c4cc5ncccc5c5ccc(-c6cccnc6)cc45)c3C)c2)cc1C.[Ir].[c-]1ccccc1-c1ccccn1. The minimum atomic E-state index is 0. The number of nitrogens with zero attached hydrogens (tertiary/aromatic N) is 4. The van der Waals surface area contributed by atoms with Crippen LogP contribution < -0.4 is 0 Å². The van der Waals surface area contributed by atoms with Gasteiger partial charge in [0.1, 0.15) is 0 Å². The van der Waals surface area contributed by atoms with Gasteiger partial charge in [-0.1, -0.05) is 60.2 Å². The summed E-state index contributed by atoms with van der Waals surface area (Å²) in [7, 11) is 0. The molecule has 1 radical (unpaired) electrons. The molecule has 0 saturated heterocycles. The topological polar surface area (TPSA) is 51.6 Å². The van der Waals surface area contributed by atoms with E-state index in [-0.39, 0.29) is 20.1 Å². The molecule has 0 spiro atoms. The van der Waals surface area contributed by atoms with Gasteiger partial charge in [0, 0.05) is 62.0 Å². The van der Waals surface area contributed by atoms with Gasteiger partial charge in [0.05, 0.1) is 5.52 Å². The molecule has 9 rings (SSSR count). The van der Waals surface area contributed by atoms with Crippen LogP contribution in [0.1, 0.15) is 22.3 Å². The summed E-state index contributed by atoms with van der Waals surface area (Å²) in [6, 6.07) is 50.5. The van der Waals surface area contributed by atoms with Crippen LogP contribution in [0.15, 0.2) is 158 Å². The first-order valence-corrected chi connectivity index (χ1v) is 18.1. The van der Waals surface area contributed by atoms with E-state index < -0.39 is 0 Å². The molecule has 9 aromatic rings. The Morgan fingerprint density at radius 3 is 2.07 bits per heavy atom. The first kappa shape index (κ1) is 37.2. The molecule has 0 amide bonds. The number of benzene rings is 5. The van der Waals surface area contributed by atoms with Gasteiger partial charge in [0.2, 0.25) is 0 Å². The van der Waals surface area contributed by atoms with Crippen molar-refractivity contribution in [3.05, 3.63) is 193 Å². The summed E-state index contributed by atoms with van der Waals surface area (Å²) in [5, 5.41) is 3.56. The van der Waals surface area contributed by atoms with Gasteiger partial charge in [-0.2, -0.15) is 0 Å². The van der Waals surface area contributed by atoms with Crippen molar-refractivity contribution in [1.82, 2.24) is 19.9 Å². The summed E-state index contributed by atoms with van der Waals surface area (Å²) in [4.78, 5) is 18.1. The molecule has 0 bridgehead atoms. The Kier molecular flexibility index (Phi) is 11.1. The van der Waals surface area contributed by atoms with E-state index in [0.717, 1.165) is 44.5 Å². The van der Waals surface area contributed by atoms with Gasteiger partial charge in [0.25, 0.3) is 0 Å². The van der Waals surface area contributed by atoms with Crippen molar-refractivity contribution >= 4 is 21.7 Å². The Balaban J connectivity index is 0.000000305. The number of pyridine rings is 4. The maximum atomic E-state index is 4.76. The third-order valence-corrected chi connectivity index (χ3v) is 10.1. The molecule has 0 atom stereocenters. The zero-order valence-electron chi connectivity index (χ0n) is 31.1. The average Bonchev–Trinajstić information content (AvgIpc) is 3.23. The van der Waals surface area contributed by atoms with Crippen molar-refractivity contribution in [2.75, 3.05) is 0 Å². The van der Waals surface area contributed by atoms with Crippen molar-refractivity contribution in [3.63, 3.8) is 0 Å². The normalized spacial score (nSPS) is 10.8. The molecule has 4 aromatic heterocycles. The van der Waals surface area contributed by atoms with Crippen LogP contribution >= 0.6 is 0 Å². The standard InChI is InChI=1S/C39H30N3.C11H8N.Ir/c1-24-12-14-32(27(4)39(24)30-9-5-8-29(19-30)37-18-25(2)26(3)22-42-37)36-21-38-34(11-7-17-41-38)33-15-13-28(20-35(33)36)31-10-6-16-40-23-31;1-2-6-10(7-3-1)11-8-4-5-9-12-11;/h5-7,9-23H,1-4H3;1-6,8-9H;/q2*-1;. The first-order chi connectivity index (χ1) is 26.4. The summed E-state index contributed by atoms with van der Waals surface area (Å²) in [5.74, 6) is 0. The van der Waals surface area contributed by atoms with Crippen LogP contribution in [0.25, 0.3) is 77.6 Å². The summed E-state index contributed by atoms with van der Waals surface area (Å²) in [6.07, 6.45) is 9.34. The molecule has 0 saturated carbocycles. The van der Waals surface area contributed by atoms with Gasteiger partial charge >= 0.3 is 0 Å². The Hall–Kier alpha value is -6.13. The number of rotatable bonds is 5. The summed E-state index contributed by atoms with van der Waals surface area (Å²) >= 11 is 0. The molecular formula is C50H38IrN4-2. The van der Waals surface area contributed by atoms with Gasteiger partial charge in [-0.3, -0.25) is 9.97 Å². The molecule has 0 N–H and O–H groups in total.